The van der Waals surface area contributed by atoms with Crippen LogP contribution in [0.2, 0.25) is 18.1 Å². The molecule has 0 aliphatic heterocycles. The number of hydrogen-bond acceptors (Lipinski definition) is 4. The van der Waals surface area contributed by atoms with Crippen LogP contribution in [0.1, 0.15) is 64.2 Å². The number of nitrogens with zero attached hydrogens (tertiary/aromatic N) is 1. The van der Waals surface area contributed by atoms with Crippen LogP contribution in [0, 0.1) is 5.21 Å². The minimum absolute atomic E-state index is 0.0347. The molecule has 0 heterocycles. The van der Waals surface area contributed by atoms with Gasteiger partial charge in [-0.05, 0) is 56.1 Å². The molecule has 30 heavy (non-hydrogen) atoms. The van der Waals surface area contributed by atoms with Crippen molar-refractivity contribution < 1.29 is 18.7 Å². The maximum absolute atomic E-state index is 12.2. The molecule has 0 spiro atoms. The lowest BCUT2D eigenvalue weighted by Gasteiger charge is -2.39. The van der Waals surface area contributed by atoms with E-state index in [1.165, 1.54) is 5.57 Å². The molecule has 1 unspecified atom stereocenters. The lowest BCUT2D eigenvalue weighted by atomic mass is 10.1. The maximum atomic E-state index is 12.2. The third-order valence-electron chi connectivity index (χ3n) is 5.74. The van der Waals surface area contributed by atoms with Gasteiger partial charge in [-0.1, -0.05) is 45.0 Å². The third kappa shape index (κ3) is 8.84. The SMILES string of the molecule is C/C=C(\C)C(CC/[N+]([O-])=C/CCCOC(=O)c1ccccc1)O[Si](C)(C)C(C)(C)C. The van der Waals surface area contributed by atoms with Crippen LogP contribution in [0.25, 0.3) is 0 Å². The van der Waals surface area contributed by atoms with Crippen molar-refractivity contribution in [1.82, 2.24) is 0 Å². The molecule has 0 aromatic heterocycles. The summed E-state index contributed by atoms with van der Waals surface area (Å²) in [7, 11) is -1.91. The first kappa shape index (κ1) is 26.1. The van der Waals surface area contributed by atoms with Gasteiger partial charge in [0.1, 0.15) is 0 Å². The molecule has 1 atom stereocenters. The summed E-state index contributed by atoms with van der Waals surface area (Å²) in [5, 5.41) is 12.4. The molecule has 5 nitrogen and oxygen atoms in total. The number of ether oxygens (including phenoxy) is 1. The molecule has 0 bridgehead atoms. The van der Waals surface area contributed by atoms with E-state index in [0.717, 1.165) is 4.74 Å². The number of esters is 1. The van der Waals surface area contributed by atoms with E-state index in [0.29, 0.717) is 38.0 Å². The number of hydroxylamine groups is 1. The smallest absolute Gasteiger partial charge is 0.338 e. The Labute approximate surface area is 183 Å². The van der Waals surface area contributed by atoms with Crippen molar-refractivity contribution >= 4 is 20.5 Å². The Hall–Kier alpha value is -1.92. The fourth-order valence-corrected chi connectivity index (χ4v) is 3.94. The normalized spacial score (nSPS) is 14.5. The van der Waals surface area contributed by atoms with Gasteiger partial charge >= 0.3 is 5.97 Å². The summed E-state index contributed by atoms with van der Waals surface area (Å²) in [5.41, 5.74) is 1.71. The largest absolute Gasteiger partial charge is 0.624 e. The Morgan fingerprint density at radius 3 is 2.43 bits per heavy atom. The quantitative estimate of drug-likeness (QED) is 0.0632. The van der Waals surface area contributed by atoms with Crippen LogP contribution in [-0.4, -0.2) is 44.5 Å². The molecular formula is C24H39NO4Si. The zero-order chi connectivity index (χ0) is 22.8. The van der Waals surface area contributed by atoms with Gasteiger partial charge in [0.25, 0.3) is 0 Å². The van der Waals surface area contributed by atoms with Crippen LogP contribution in [0.15, 0.2) is 42.0 Å². The highest BCUT2D eigenvalue weighted by Crippen LogP contribution is 2.38. The fourth-order valence-electron chi connectivity index (χ4n) is 2.57. The first-order valence-electron chi connectivity index (χ1n) is 10.8. The summed E-state index contributed by atoms with van der Waals surface area (Å²) in [5.74, 6) is -0.331. The van der Waals surface area contributed by atoms with Crippen LogP contribution >= 0.6 is 0 Å². The van der Waals surface area contributed by atoms with Gasteiger partial charge in [0, 0.05) is 12.8 Å². The van der Waals surface area contributed by atoms with Crippen LogP contribution in [0.3, 0.4) is 0 Å². The van der Waals surface area contributed by atoms with E-state index in [1.54, 1.807) is 30.5 Å². The predicted octanol–water partition coefficient (Wildman–Crippen LogP) is 5.95. The van der Waals surface area contributed by atoms with E-state index < -0.39 is 8.32 Å². The van der Waals surface area contributed by atoms with Gasteiger partial charge in [-0.15, -0.1) is 0 Å². The van der Waals surface area contributed by atoms with Crippen molar-refractivity contribution in [2.45, 2.75) is 78.1 Å². The molecular weight excluding hydrogens is 394 g/mol. The summed E-state index contributed by atoms with van der Waals surface area (Å²) in [6.07, 6.45) is 5.51. The predicted molar refractivity (Wildman–Crippen MR) is 127 cm³/mol. The van der Waals surface area contributed by atoms with Crippen molar-refractivity contribution in [3.8, 4) is 0 Å². The van der Waals surface area contributed by atoms with Crippen molar-refractivity contribution in [3.05, 3.63) is 52.8 Å². The molecule has 0 aliphatic carbocycles. The molecule has 6 heteroatoms. The summed E-state index contributed by atoms with van der Waals surface area (Å²) in [6.45, 7) is 15.9. The average Bonchev–Trinajstić information content (AvgIpc) is 2.69. The fraction of sp³-hybridized carbons (Fsp3) is 0.583. The van der Waals surface area contributed by atoms with Gasteiger partial charge in [0.2, 0.25) is 0 Å². The van der Waals surface area contributed by atoms with Gasteiger partial charge in [0.05, 0.1) is 18.3 Å². The zero-order valence-corrected chi connectivity index (χ0v) is 20.7. The van der Waals surface area contributed by atoms with Gasteiger partial charge in [-0.3, -0.25) is 0 Å². The molecule has 168 valence electrons. The van der Waals surface area contributed by atoms with Crippen molar-refractivity contribution in [3.63, 3.8) is 0 Å². The second-order valence-corrected chi connectivity index (χ2v) is 13.9. The summed E-state index contributed by atoms with van der Waals surface area (Å²) in [4.78, 5) is 11.9. The average molecular weight is 434 g/mol. The molecule has 0 radical (unpaired) electrons. The van der Waals surface area contributed by atoms with Gasteiger partial charge < -0.3 is 14.4 Å². The number of carbonyl (C=O) groups is 1. The van der Waals surface area contributed by atoms with E-state index in [2.05, 4.69) is 46.9 Å². The Morgan fingerprint density at radius 2 is 1.87 bits per heavy atom. The molecule has 1 aromatic carbocycles. The Bertz CT molecular complexity index is 720. The number of unbranched alkanes of at least 4 members (excludes halogenated alkanes) is 1. The number of allylic oxidation sites excluding steroid dienone is 1. The van der Waals surface area contributed by atoms with E-state index in [4.69, 9.17) is 9.16 Å². The summed E-state index contributed by atoms with van der Waals surface area (Å²) >= 11 is 0. The third-order valence-corrected chi connectivity index (χ3v) is 10.2. The second-order valence-electron chi connectivity index (χ2n) is 9.16. The van der Waals surface area contributed by atoms with Gasteiger partial charge in [0.15, 0.2) is 21.1 Å². The number of hydrogen-bond donors (Lipinski definition) is 0. The molecule has 0 saturated carbocycles. The minimum Gasteiger partial charge on any atom is -0.624 e. The number of benzene rings is 1. The Kier molecular flexibility index (Phi) is 10.5. The molecule has 1 rings (SSSR count). The Balaban J connectivity index is 2.46. The van der Waals surface area contributed by atoms with Gasteiger partial charge in [-0.25, -0.2) is 9.53 Å². The topological polar surface area (TPSA) is 61.6 Å². The highest BCUT2D eigenvalue weighted by Gasteiger charge is 2.39. The Morgan fingerprint density at radius 1 is 1.23 bits per heavy atom. The van der Waals surface area contributed by atoms with Crippen molar-refractivity contribution in [2.24, 2.45) is 0 Å². The van der Waals surface area contributed by atoms with Crippen molar-refractivity contribution in [1.29, 1.82) is 0 Å². The lowest BCUT2D eigenvalue weighted by Crippen LogP contribution is -2.44. The minimum atomic E-state index is -1.91. The van der Waals surface area contributed by atoms with Crippen LogP contribution in [-0.2, 0) is 9.16 Å². The van der Waals surface area contributed by atoms with E-state index in [1.807, 2.05) is 13.0 Å². The number of carbonyl (C=O) groups excluding carboxylic acids is 1. The monoisotopic (exact) mass is 433 g/mol. The van der Waals surface area contributed by atoms with Crippen molar-refractivity contribution in [2.75, 3.05) is 13.2 Å². The van der Waals surface area contributed by atoms with E-state index in [-0.39, 0.29) is 17.1 Å². The van der Waals surface area contributed by atoms with Crippen LogP contribution in [0.4, 0.5) is 0 Å². The molecule has 0 N–H and O–H groups in total. The number of rotatable bonds is 11. The lowest BCUT2D eigenvalue weighted by molar-refractivity contribution is -0.455. The standard InChI is InChI=1S/C24H39NO4Si/c1-8-20(2)22(29-30(6,7)24(3,4)5)16-18-25(27)17-12-13-19-28-23(26)21-14-10-9-11-15-21/h8-11,14-15,17,22H,12-13,16,18-19H2,1-7H3/b20-8+,25-17-. The van der Waals surface area contributed by atoms with Crippen LogP contribution in [0.5, 0.6) is 0 Å². The van der Waals surface area contributed by atoms with E-state index >= 15 is 0 Å². The molecule has 0 saturated heterocycles. The van der Waals surface area contributed by atoms with E-state index in [9.17, 15) is 10.0 Å². The summed E-state index contributed by atoms with van der Waals surface area (Å²) in [6, 6.07) is 8.91. The first-order chi connectivity index (χ1) is 14.0. The summed E-state index contributed by atoms with van der Waals surface area (Å²) < 4.78 is 12.8. The van der Waals surface area contributed by atoms with Crippen LogP contribution < -0.4 is 0 Å². The zero-order valence-electron chi connectivity index (χ0n) is 19.7. The second kappa shape index (κ2) is 12.1. The highest BCUT2D eigenvalue weighted by molar-refractivity contribution is 6.74. The highest BCUT2D eigenvalue weighted by atomic mass is 28.4. The van der Waals surface area contributed by atoms with Gasteiger partial charge in [-0.2, -0.15) is 0 Å². The first-order valence-corrected chi connectivity index (χ1v) is 13.7. The molecule has 0 amide bonds. The molecule has 0 aliphatic rings. The maximum Gasteiger partial charge on any atom is 0.338 e. The molecule has 1 aromatic rings. The molecule has 0 fully saturated rings.